The van der Waals surface area contributed by atoms with Crippen LogP contribution in [-0.4, -0.2) is 48.6 Å². The molecule has 0 saturated carbocycles. The molecule has 1 N–H and O–H groups in total. The Morgan fingerprint density at radius 1 is 1.27 bits per heavy atom. The van der Waals surface area contributed by atoms with Gasteiger partial charge in [-0.15, -0.1) is 12.4 Å². The summed E-state index contributed by atoms with van der Waals surface area (Å²) in [6.07, 6.45) is 6.70. The maximum Gasteiger partial charge on any atom is 0.253 e. The van der Waals surface area contributed by atoms with Crippen LogP contribution in [-0.2, 0) is 11.3 Å². The fourth-order valence-corrected chi connectivity index (χ4v) is 3.94. The van der Waals surface area contributed by atoms with Gasteiger partial charge in [0.25, 0.3) is 5.91 Å². The van der Waals surface area contributed by atoms with Crippen molar-refractivity contribution in [1.82, 2.24) is 15.2 Å². The van der Waals surface area contributed by atoms with Crippen molar-refractivity contribution in [3.05, 3.63) is 59.4 Å². The molecule has 1 saturated heterocycles. The van der Waals surface area contributed by atoms with Gasteiger partial charge in [-0.2, -0.15) is 0 Å². The third-order valence-corrected chi connectivity index (χ3v) is 5.51. The smallest absolute Gasteiger partial charge is 0.253 e. The molecule has 0 aliphatic carbocycles. The largest absolute Gasteiger partial charge is 0.497 e. The average molecular weight is 430 g/mol. The van der Waals surface area contributed by atoms with Gasteiger partial charge in [-0.05, 0) is 68.8 Å². The molecule has 4 rings (SSSR count). The van der Waals surface area contributed by atoms with Crippen LogP contribution in [0.1, 0.15) is 30.5 Å². The number of carbonyl (C=O) groups excluding carboxylic acids is 1. The van der Waals surface area contributed by atoms with Crippen LogP contribution in [0.2, 0.25) is 0 Å². The van der Waals surface area contributed by atoms with Gasteiger partial charge in [0.05, 0.1) is 24.9 Å². The Bertz CT molecular complexity index is 881. The number of halogens is 1. The SMILES string of the molecule is COc1ccc2c(c1)C=C(C(=O)N(Cc1ccccn1)C1CCCNCC1)CO2.Cl. The number of benzene rings is 1. The lowest BCUT2D eigenvalue weighted by Gasteiger charge is -2.32. The summed E-state index contributed by atoms with van der Waals surface area (Å²) in [5, 5.41) is 3.43. The van der Waals surface area contributed by atoms with E-state index in [0.29, 0.717) is 12.1 Å². The molecule has 2 aliphatic heterocycles. The number of fused-ring (bicyclic) bond motifs is 1. The zero-order valence-corrected chi connectivity index (χ0v) is 18.0. The van der Waals surface area contributed by atoms with Gasteiger partial charge in [0, 0.05) is 17.8 Å². The van der Waals surface area contributed by atoms with Crippen molar-refractivity contribution in [3.8, 4) is 11.5 Å². The molecular weight excluding hydrogens is 402 g/mol. The van der Waals surface area contributed by atoms with E-state index in [1.807, 2.05) is 47.4 Å². The first-order chi connectivity index (χ1) is 14.2. The molecular formula is C23H28ClN3O3. The van der Waals surface area contributed by atoms with Crippen molar-refractivity contribution in [2.24, 2.45) is 0 Å². The Labute approximate surface area is 183 Å². The van der Waals surface area contributed by atoms with E-state index in [4.69, 9.17) is 9.47 Å². The van der Waals surface area contributed by atoms with Crippen LogP contribution in [0.15, 0.2) is 48.2 Å². The summed E-state index contributed by atoms with van der Waals surface area (Å²) >= 11 is 0. The second kappa shape index (κ2) is 10.5. The van der Waals surface area contributed by atoms with Crippen LogP contribution in [0.25, 0.3) is 6.08 Å². The second-order valence-corrected chi connectivity index (χ2v) is 7.45. The molecule has 3 heterocycles. The number of hydrogen-bond donors (Lipinski definition) is 1. The lowest BCUT2D eigenvalue weighted by atomic mass is 10.0. The fourth-order valence-electron chi connectivity index (χ4n) is 3.94. The minimum atomic E-state index is 0. The summed E-state index contributed by atoms with van der Waals surface area (Å²) in [4.78, 5) is 20.0. The predicted octanol–water partition coefficient (Wildman–Crippen LogP) is 3.46. The Kier molecular flexibility index (Phi) is 7.71. The number of amides is 1. The van der Waals surface area contributed by atoms with Crippen molar-refractivity contribution in [1.29, 1.82) is 0 Å². The Hall–Kier alpha value is -2.57. The van der Waals surface area contributed by atoms with Gasteiger partial charge in [-0.3, -0.25) is 9.78 Å². The van der Waals surface area contributed by atoms with Crippen LogP contribution >= 0.6 is 12.4 Å². The van der Waals surface area contributed by atoms with Crippen LogP contribution < -0.4 is 14.8 Å². The van der Waals surface area contributed by atoms with E-state index in [0.717, 1.165) is 55.1 Å². The molecule has 1 aromatic carbocycles. The Balaban J connectivity index is 0.00000256. The van der Waals surface area contributed by atoms with Gasteiger partial charge in [0.2, 0.25) is 0 Å². The van der Waals surface area contributed by atoms with Crippen molar-refractivity contribution >= 4 is 24.4 Å². The number of ether oxygens (including phenoxy) is 2. The van der Waals surface area contributed by atoms with Gasteiger partial charge in [-0.25, -0.2) is 0 Å². The van der Waals surface area contributed by atoms with Crippen molar-refractivity contribution in [2.75, 3.05) is 26.8 Å². The molecule has 0 bridgehead atoms. The molecule has 7 heteroatoms. The first-order valence-corrected chi connectivity index (χ1v) is 10.2. The lowest BCUT2D eigenvalue weighted by Crippen LogP contribution is -2.42. The first-order valence-electron chi connectivity index (χ1n) is 10.2. The third kappa shape index (κ3) is 5.12. The van der Waals surface area contributed by atoms with Gasteiger partial charge in [-0.1, -0.05) is 6.07 Å². The minimum absolute atomic E-state index is 0. The highest BCUT2D eigenvalue weighted by molar-refractivity contribution is 5.99. The Morgan fingerprint density at radius 3 is 2.97 bits per heavy atom. The molecule has 1 unspecified atom stereocenters. The predicted molar refractivity (Wildman–Crippen MR) is 119 cm³/mol. The molecule has 160 valence electrons. The van der Waals surface area contributed by atoms with E-state index in [2.05, 4.69) is 10.3 Å². The third-order valence-electron chi connectivity index (χ3n) is 5.51. The fraction of sp³-hybridized carbons (Fsp3) is 0.391. The van der Waals surface area contributed by atoms with E-state index < -0.39 is 0 Å². The van der Waals surface area contributed by atoms with Crippen LogP contribution in [0.5, 0.6) is 11.5 Å². The van der Waals surface area contributed by atoms with E-state index in [1.165, 1.54) is 0 Å². The minimum Gasteiger partial charge on any atom is -0.497 e. The van der Waals surface area contributed by atoms with Crippen LogP contribution in [0.4, 0.5) is 0 Å². The summed E-state index contributed by atoms with van der Waals surface area (Å²) in [6, 6.07) is 11.7. The quantitative estimate of drug-likeness (QED) is 0.788. The van der Waals surface area contributed by atoms with Crippen LogP contribution in [0, 0.1) is 0 Å². The molecule has 2 aromatic rings. The number of hydrogen-bond acceptors (Lipinski definition) is 5. The molecule has 1 fully saturated rings. The molecule has 1 aromatic heterocycles. The second-order valence-electron chi connectivity index (χ2n) is 7.45. The topological polar surface area (TPSA) is 63.7 Å². The maximum atomic E-state index is 13.6. The van der Waals surface area contributed by atoms with E-state index in [1.54, 1.807) is 13.3 Å². The van der Waals surface area contributed by atoms with Gasteiger partial charge >= 0.3 is 0 Å². The standard InChI is InChI=1S/C23H27N3O3.ClH/c1-28-21-7-8-22-17(14-21)13-18(16-29-22)23(27)26(15-19-5-2-3-11-25-19)20-6-4-10-24-12-9-20;/h2-3,5,7-8,11,13-14,20,24H,4,6,9-10,12,15-16H2,1H3;1H. The molecule has 0 spiro atoms. The first kappa shape index (κ1) is 22.1. The van der Waals surface area contributed by atoms with Gasteiger partial charge in [0.15, 0.2) is 0 Å². The highest BCUT2D eigenvalue weighted by atomic mass is 35.5. The van der Waals surface area contributed by atoms with Crippen molar-refractivity contribution in [2.45, 2.75) is 31.8 Å². The summed E-state index contributed by atoms with van der Waals surface area (Å²) in [5.74, 6) is 1.55. The molecule has 1 amide bonds. The molecule has 6 nitrogen and oxygen atoms in total. The van der Waals surface area contributed by atoms with E-state index >= 15 is 0 Å². The Morgan fingerprint density at radius 2 is 2.17 bits per heavy atom. The average Bonchev–Trinajstić information content (AvgIpc) is 3.06. The maximum absolute atomic E-state index is 13.6. The number of methoxy groups -OCH3 is 1. The number of nitrogens with zero attached hydrogens (tertiary/aromatic N) is 2. The number of carbonyl (C=O) groups is 1. The summed E-state index contributed by atoms with van der Waals surface area (Å²) in [5.41, 5.74) is 2.44. The number of pyridine rings is 1. The summed E-state index contributed by atoms with van der Waals surface area (Å²) < 4.78 is 11.2. The summed E-state index contributed by atoms with van der Waals surface area (Å²) in [7, 11) is 1.63. The monoisotopic (exact) mass is 429 g/mol. The normalized spacial score (nSPS) is 18.0. The zero-order valence-electron chi connectivity index (χ0n) is 17.2. The van der Waals surface area contributed by atoms with Gasteiger partial charge in [0.1, 0.15) is 18.1 Å². The van der Waals surface area contributed by atoms with E-state index in [9.17, 15) is 4.79 Å². The van der Waals surface area contributed by atoms with E-state index in [-0.39, 0.29) is 31.0 Å². The van der Waals surface area contributed by atoms with Crippen molar-refractivity contribution in [3.63, 3.8) is 0 Å². The lowest BCUT2D eigenvalue weighted by molar-refractivity contribution is -0.130. The molecule has 2 aliphatic rings. The number of aromatic nitrogens is 1. The molecule has 0 radical (unpaired) electrons. The molecule has 1 atom stereocenters. The highest BCUT2D eigenvalue weighted by Gasteiger charge is 2.29. The van der Waals surface area contributed by atoms with Gasteiger partial charge < -0.3 is 19.7 Å². The molecule has 30 heavy (non-hydrogen) atoms. The van der Waals surface area contributed by atoms with Crippen LogP contribution in [0.3, 0.4) is 0 Å². The number of rotatable bonds is 5. The summed E-state index contributed by atoms with van der Waals surface area (Å²) in [6.45, 7) is 2.71. The number of nitrogens with one attached hydrogen (secondary N) is 1. The highest BCUT2D eigenvalue weighted by Crippen LogP contribution is 2.31. The van der Waals surface area contributed by atoms with Crippen molar-refractivity contribution < 1.29 is 14.3 Å². The zero-order chi connectivity index (χ0) is 20.1.